The van der Waals surface area contributed by atoms with Gasteiger partial charge in [-0.2, -0.15) is 0 Å². The Bertz CT molecular complexity index is 196. The average molecular weight is 220 g/mol. The predicted molar refractivity (Wildman–Crippen MR) is 53.1 cm³/mol. The van der Waals surface area contributed by atoms with Crippen molar-refractivity contribution in [1.82, 2.24) is 0 Å². The predicted octanol–water partition coefficient (Wildman–Crippen LogP) is -0.514. The monoisotopic (exact) mass is 220 g/mol. The molecule has 1 aliphatic rings. The van der Waals surface area contributed by atoms with Gasteiger partial charge in [-0.05, 0) is 12.8 Å². The molecule has 5 atom stereocenters. The zero-order valence-electron chi connectivity index (χ0n) is 9.33. The summed E-state index contributed by atoms with van der Waals surface area (Å²) in [6, 6.07) is 0. The molecule has 1 rings (SSSR count). The summed E-state index contributed by atoms with van der Waals surface area (Å²) >= 11 is 0. The summed E-state index contributed by atoms with van der Waals surface area (Å²) < 4.78 is 10.6. The Balaban J connectivity index is 2.51. The van der Waals surface area contributed by atoms with Crippen molar-refractivity contribution in [3.63, 3.8) is 0 Å². The van der Waals surface area contributed by atoms with Crippen LogP contribution in [0.5, 0.6) is 0 Å². The highest BCUT2D eigenvalue weighted by Crippen LogP contribution is 2.21. The molecule has 0 aromatic carbocycles. The van der Waals surface area contributed by atoms with E-state index in [9.17, 15) is 15.3 Å². The molecule has 0 saturated carbocycles. The van der Waals surface area contributed by atoms with Gasteiger partial charge in [-0.3, -0.25) is 0 Å². The van der Waals surface area contributed by atoms with Crippen LogP contribution >= 0.6 is 0 Å². The summed E-state index contributed by atoms with van der Waals surface area (Å²) in [6.07, 6.45) is -4.89. The van der Waals surface area contributed by atoms with E-state index in [0.29, 0.717) is 12.5 Å². The van der Waals surface area contributed by atoms with Crippen LogP contribution in [-0.4, -0.2) is 52.6 Å². The third-order valence-corrected chi connectivity index (χ3v) is 2.40. The van der Waals surface area contributed by atoms with Crippen molar-refractivity contribution in [3.05, 3.63) is 0 Å². The molecule has 5 heteroatoms. The van der Waals surface area contributed by atoms with E-state index in [0.717, 1.165) is 0 Å². The lowest BCUT2D eigenvalue weighted by atomic mass is 10.00. The van der Waals surface area contributed by atoms with E-state index < -0.39 is 30.7 Å². The van der Waals surface area contributed by atoms with Gasteiger partial charge in [0.1, 0.15) is 18.3 Å². The molecule has 90 valence electrons. The van der Waals surface area contributed by atoms with Crippen LogP contribution in [-0.2, 0) is 9.47 Å². The zero-order chi connectivity index (χ0) is 11.6. The third-order valence-electron chi connectivity index (χ3n) is 2.40. The van der Waals surface area contributed by atoms with Crippen molar-refractivity contribution in [2.45, 2.75) is 51.5 Å². The summed E-state index contributed by atoms with van der Waals surface area (Å²) in [5.41, 5.74) is 0. The van der Waals surface area contributed by atoms with Crippen molar-refractivity contribution < 1.29 is 24.8 Å². The van der Waals surface area contributed by atoms with Gasteiger partial charge in [0.15, 0.2) is 6.29 Å². The van der Waals surface area contributed by atoms with Crippen LogP contribution in [0.25, 0.3) is 0 Å². The number of aliphatic hydroxyl groups excluding tert-OH is 3. The van der Waals surface area contributed by atoms with Crippen LogP contribution < -0.4 is 0 Å². The highest BCUT2D eigenvalue weighted by molar-refractivity contribution is 4.87. The first-order valence-corrected chi connectivity index (χ1v) is 5.24. The maximum atomic E-state index is 9.58. The van der Waals surface area contributed by atoms with Gasteiger partial charge in [0.2, 0.25) is 0 Å². The Hall–Kier alpha value is -0.200. The van der Waals surface area contributed by atoms with Gasteiger partial charge < -0.3 is 24.8 Å². The minimum Gasteiger partial charge on any atom is -0.388 e. The van der Waals surface area contributed by atoms with Crippen LogP contribution in [0.15, 0.2) is 0 Å². The topological polar surface area (TPSA) is 79.2 Å². The fourth-order valence-electron chi connectivity index (χ4n) is 1.44. The van der Waals surface area contributed by atoms with Crippen molar-refractivity contribution in [2.75, 3.05) is 6.61 Å². The van der Waals surface area contributed by atoms with E-state index in [1.165, 1.54) is 0 Å². The Morgan fingerprint density at radius 1 is 1.13 bits per heavy atom. The minimum atomic E-state index is -1.22. The molecule has 1 heterocycles. The van der Waals surface area contributed by atoms with Gasteiger partial charge in [-0.15, -0.1) is 0 Å². The number of rotatable bonds is 3. The van der Waals surface area contributed by atoms with Crippen molar-refractivity contribution in [3.8, 4) is 0 Å². The SMILES string of the molecule is CC(C)CO[C@@H]1OC(C)[C@@H](O)C(O)C1O. The second kappa shape index (κ2) is 5.23. The molecule has 1 fully saturated rings. The molecule has 1 aliphatic heterocycles. The Morgan fingerprint density at radius 3 is 2.27 bits per heavy atom. The second-order valence-electron chi connectivity index (χ2n) is 4.41. The molecule has 0 radical (unpaired) electrons. The summed E-state index contributed by atoms with van der Waals surface area (Å²) in [6.45, 7) is 6.02. The highest BCUT2D eigenvalue weighted by atomic mass is 16.7. The summed E-state index contributed by atoms with van der Waals surface area (Å²) in [4.78, 5) is 0. The van der Waals surface area contributed by atoms with Crippen LogP contribution in [0.1, 0.15) is 20.8 Å². The van der Waals surface area contributed by atoms with Crippen LogP contribution in [0.3, 0.4) is 0 Å². The maximum absolute atomic E-state index is 9.58. The minimum absolute atomic E-state index is 0.320. The van der Waals surface area contributed by atoms with Crippen LogP contribution in [0.4, 0.5) is 0 Å². The maximum Gasteiger partial charge on any atom is 0.186 e. The molecule has 1 saturated heterocycles. The first-order valence-electron chi connectivity index (χ1n) is 5.24. The van der Waals surface area contributed by atoms with Crippen LogP contribution in [0.2, 0.25) is 0 Å². The fourth-order valence-corrected chi connectivity index (χ4v) is 1.44. The molecule has 3 unspecified atom stereocenters. The van der Waals surface area contributed by atoms with Crippen molar-refractivity contribution in [1.29, 1.82) is 0 Å². The van der Waals surface area contributed by atoms with Crippen molar-refractivity contribution in [2.24, 2.45) is 5.92 Å². The van der Waals surface area contributed by atoms with E-state index in [1.54, 1.807) is 6.92 Å². The van der Waals surface area contributed by atoms with E-state index in [1.807, 2.05) is 13.8 Å². The van der Waals surface area contributed by atoms with Gasteiger partial charge in [-0.25, -0.2) is 0 Å². The highest BCUT2D eigenvalue weighted by Gasteiger charge is 2.42. The second-order valence-corrected chi connectivity index (χ2v) is 4.41. The molecular weight excluding hydrogens is 200 g/mol. The molecule has 0 aliphatic carbocycles. The van der Waals surface area contributed by atoms with E-state index in [2.05, 4.69) is 0 Å². The van der Waals surface area contributed by atoms with Gasteiger partial charge in [0, 0.05) is 0 Å². The molecule has 3 N–H and O–H groups in total. The lowest BCUT2D eigenvalue weighted by molar-refractivity contribution is -0.294. The number of aliphatic hydroxyl groups is 3. The smallest absolute Gasteiger partial charge is 0.186 e. The molecule has 15 heavy (non-hydrogen) atoms. The Morgan fingerprint density at radius 2 is 1.73 bits per heavy atom. The standard InChI is InChI=1S/C10H20O5/c1-5(2)4-14-10-9(13)8(12)7(11)6(3)15-10/h5-13H,4H2,1-3H3/t6?,7-,8?,9?,10-/m1/s1. The summed E-state index contributed by atoms with van der Waals surface area (Å²) in [5, 5.41) is 28.5. The number of ether oxygens (including phenoxy) is 2. The first kappa shape index (κ1) is 12.9. The quantitative estimate of drug-likeness (QED) is 0.597. The molecule has 5 nitrogen and oxygen atoms in total. The Labute approximate surface area is 89.6 Å². The van der Waals surface area contributed by atoms with Gasteiger partial charge in [-0.1, -0.05) is 13.8 Å². The largest absolute Gasteiger partial charge is 0.388 e. The summed E-state index contributed by atoms with van der Waals surface area (Å²) in [5.74, 6) is 0.320. The average Bonchev–Trinajstić information content (AvgIpc) is 2.18. The number of hydrogen-bond acceptors (Lipinski definition) is 5. The molecular formula is C10H20O5. The van der Waals surface area contributed by atoms with Gasteiger partial charge >= 0.3 is 0 Å². The third kappa shape index (κ3) is 3.12. The Kier molecular flexibility index (Phi) is 4.48. The van der Waals surface area contributed by atoms with Gasteiger partial charge in [0.05, 0.1) is 12.7 Å². The molecule has 0 amide bonds. The molecule has 0 aromatic heterocycles. The lowest BCUT2D eigenvalue weighted by Crippen LogP contribution is -2.57. The van der Waals surface area contributed by atoms with E-state index in [4.69, 9.17) is 9.47 Å². The number of hydrogen-bond donors (Lipinski definition) is 3. The first-order chi connectivity index (χ1) is 6.93. The van der Waals surface area contributed by atoms with Crippen LogP contribution in [0, 0.1) is 5.92 Å². The molecule has 0 aromatic rings. The summed E-state index contributed by atoms with van der Waals surface area (Å²) in [7, 11) is 0. The normalized spacial score (nSPS) is 42.2. The van der Waals surface area contributed by atoms with E-state index >= 15 is 0 Å². The fraction of sp³-hybridized carbons (Fsp3) is 1.00. The molecule has 0 spiro atoms. The lowest BCUT2D eigenvalue weighted by Gasteiger charge is -2.39. The zero-order valence-corrected chi connectivity index (χ0v) is 9.33. The van der Waals surface area contributed by atoms with Gasteiger partial charge in [0.25, 0.3) is 0 Å². The molecule has 0 bridgehead atoms. The van der Waals surface area contributed by atoms with E-state index in [-0.39, 0.29) is 0 Å². The van der Waals surface area contributed by atoms with Crippen molar-refractivity contribution >= 4 is 0 Å².